The monoisotopic (exact) mass is 427 g/mol. The zero-order chi connectivity index (χ0) is 22.6. The molecule has 31 heavy (non-hydrogen) atoms. The fourth-order valence-electron chi connectivity index (χ4n) is 3.41. The number of benzene rings is 1. The van der Waals surface area contributed by atoms with Gasteiger partial charge in [0, 0.05) is 12.8 Å². The van der Waals surface area contributed by atoms with Crippen molar-refractivity contribution in [2.45, 2.75) is 96.4 Å². The van der Waals surface area contributed by atoms with E-state index in [4.69, 9.17) is 0 Å². The van der Waals surface area contributed by atoms with E-state index in [0.29, 0.717) is 12.8 Å². The van der Waals surface area contributed by atoms with Gasteiger partial charge in [0.15, 0.2) is 0 Å². The molecule has 172 valence electrons. The van der Waals surface area contributed by atoms with Gasteiger partial charge in [0.05, 0.1) is 0 Å². The van der Waals surface area contributed by atoms with Crippen molar-refractivity contribution in [2.24, 2.45) is 0 Å². The molecule has 4 nitrogen and oxygen atoms in total. The molecule has 0 aromatic heterocycles. The topological polar surface area (TPSA) is 66.4 Å². The molecule has 0 spiro atoms. The van der Waals surface area contributed by atoms with E-state index in [1.807, 2.05) is 30.3 Å². The Labute approximate surface area is 188 Å². The number of carboxylic acids is 1. The van der Waals surface area contributed by atoms with Crippen LogP contribution in [0.1, 0.15) is 89.5 Å². The molecule has 1 atom stereocenters. The highest BCUT2D eigenvalue weighted by molar-refractivity contribution is 5.83. The highest BCUT2D eigenvalue weighted by Gasteiger charge is 2.19. The maximum Gasteiger partial charge on any atom is 0.326 e. The molecular formula is C27H41NO3. The van der Waals surface area contributed by atoms with Crippen LogP contribution < -0.4 is 5.32 Å². The highest BCUT2D eigenvalue weighted by atomic mass is 16.4. The number of nitrogens with one attached hydrogen (secondary N) is 1. The van der Waals surface area contributed by atoms with Gasteiger partial charge in [-0.15, -0.1) is 0 Å². The Balaban J connectivity index is 2.03. The molecule has 1 amide bonds. The number of allylic oxidation sites excluding steroid dienone is 4. The third-order valence-electron chi connectivity index (χ3n) is 5.27. The summed E-state index contributed by atoms with van der Waals surface area (Å²) in [6.45, 7) is 2.23. The molecular weight excluding hydrogens is 386 g/mol. The number of hydrogen-bond donors (Lipinski definition) is 2. The lowest BCUT2D eigenvalue weighted by molar-refractivity contribution is -0.141. The number of aliphatic carboxylic acids is 1. The molecule has 0 saturated carbocycles. The van der Waals surface area contributed by atoms with Gasteiger partial charge in [0.1, 0.15) is 6.04 Å². The normalized spacial score (nSPS) is 12.4. The summed E-state index contributed by atoms with van der Waals surface area (Å²) in [6, 6.07) is 8.53. The molecule has 0 heterocycles. The quantitative estimate of drug-likeness (QED) is 0.204. The Morgan fingerprint density at radius 1 is 0.871 bits per heavy atom. The molecule has 0 aliphatic rings. The first-order chi connectivity index (χ1) is 15.1. The minimum absolute atomic E-state index is 0.172. The van der Waals surface area contributed by atoms with Crippen LogP contribution in [0, 0.1) is 0 Å². The van der Waals surface area contributed by atoms with E-state index in [2.05, 4.69) is 36.5 Å². The summed E-state index contributed by atoms with van der Waals surface area (Å²) in [4.78, 5) is 23.5. The summed E-state index contributed by atoms with van der Waals surface area (Å²) < 4.78 is 0. The third kappa shape index (κ3) is 15.1. The molecule has 0 aliphatic heterocycles. The second-order valence-electron chi connectivity index (χ2n) is 8.13. The second-order valence-corrected chi connectivity index (χ2v) is 8.13. The predicted octanol–water partition coefficient (Wildman–Crippen LogP) is 6.61. The maximum absolute atomic E-state index is 12.1. The SMILES string of the molecule is CCCCC/C=C\C/C=C\CCCCCCCC(=O)NC(Cc1ccccc1)C(=O)O. The number of carbonyl (C=O) groups excluding carboxylic acids is 1. The van der Waals surface area contributed by atoms with Crippen molar-refractivity contribution in [1.29, 1.82) is 0 Å². The molecule has 1 unspecified atom stereocenters. The molecule has 0 aliphatic carbocycles. The van der Waals surface area contributed by atoms with Crippen molar-refractivity contribution >= 4 is 11.9 Å². The van der Waals surface area contributed by atoms with E-state index < -0.39 is 12.0 Å². The lowest BCUT2D eigenvalue weighted by Crippen LogP contribution is -2.42. The summed E-state index contributed by atoms with van der Waals surface area (Å²) in [7, 11) is 0. The van der Waals surface area contributed by atoms with Crippen molar-refractivity contribution in [3.8, 4) is 0 Å². The second kappa shape index (κ2) is 18.4. The summed E-state index contributed by atoms with van der Waals surface area (Å²) in [5.74, 6) is -1.16. The number of rotatable bonds is 18. The zero-order valence-corrected chi connectivity index (χ0v) is 19.2. The smallest absolute Gasteiger partial charge is 0.326 e. The Morgan fingerprint density at radius 2 is 1.48 bits per heavy atom. The molecule has 1 aromatic rings. The van der Waals surface area contributed by atoms with Gasteiger partial charge in [0.2, 0.25) is 5.91 Å². The molecule has 1 aromatic carbocycles. The van der Waals surface area contributed by atoms with Crippen LogP contribution in [-0.2, 0) is 16.0 Å². The van der Waals surface area contributed by atoms with Crippen molar-refractivity contribution in [2.75, 3.05) is 0 Å². The molecule has 0 bridgehead atoms. The Hall–Kier alpha value is -2.36. The van der Waals surface area contributed by atoms with E-state index in [1.54, 1.807) is 0 Å². The molecule has 0 radical (unpaired) electrons. The summed E-state index contributed by atoms with van der Waals surface area (Å²) in [5, 5.41) is 12.0. The van der Waals surface area contributed by atoms with E-state index in [9.17, 15) is 14.7 Å². The summed E-state index contributed by atoms with van der Waals surface area (Å²) >= 11 is 0. The van der Waals surface area contributed by atoms with Crippen molar-refractivity contribution in [1.82, 2.24) is 5.32 Å². The van der Waals surface area contributed by atoms with E-state index >= 15 is 0 Å². The van der Waals surface area contributed by atoms with E-state index in [-0.39, 0.29) is 5.91 Å². The van der Waals surface area contributed by atoms with Gasteiger partial charge in [-0.05, 0) is 44.1 Å². The first kappa shape index (κ1) is 26.7. The molecule has 1 rings (SSSR count). The lowest BCUT2D eigenvalue weighted by Gasteiger charge is -2.14. The van der Waals surface area contributed by atoms with Gasteiger partial charge in [-0.1, -0.05) is 93.7 Å². The van der Waals surface area contributed by atoms with Gasteiger partial charge >= 0.3 is 5.97 Å². The maximum atomic E-state index is 12.1. The third-order valence-corrected chi connectivity index (χ3v) is 5.27. The zero-order valence-electron chi connectivity index (χ0n) is 19.2. The lowest BCUT2D eigenvalue weighted by atomic mass is 10.1. The Kier molecular flexibility index (Phi) is 15.8. The molecule has 4 heteroatoms. The van der Waals surface area contributed by atoms with Gasteiger partial charge in [0.25, 0.3) is 0 Å². The van der Waals surface area contributed by atoms with Crippen molar-refractivity contribution in [3.05, 3.63) is 60.2 Å². The molecule has 0 saturated heterocycles. The first-order valence-electron chi connectivity index (χ1n) is 12.0. The van der Waals surface area contributed by atoms with Crippen LogP contribution in [0.15, 0.2) is 54.6 Å². The largest absolute Gasteiger partial charge is 0.480 e. The van der Waals surface area contributed by atoms with Crippen LogP contribution in [0.4, 0.5) is 0 Å². The van der Waals surface area contributed by atoms with E-state index in [0.717, 1.165) is 37.7 Å². The van der Waals surface area contributed by atoms with Gasteiger partial charge in [-0.25, -0.2) is 4.79 Å². The van der Waals surface area contributed by atoms with Crippen molar-refractivity contribution < 1.29 is 14.7 Å². The van der Waals surface area contributed by atoms with Gasteiger partial charge < -0.3 is 10.4 Å². The fourth-order valence-corrected chi connectivity index (χ4v) is 3.41. The van der Waals surface area contributed by atoms with Crippen LogP contribution >= 0.6 is 0 Å². The van der Waals surface area contributed by atoms with Crippen LogP contribution in [0.2, 0.25) is 0 Å². The molecule has 0 fully saturated rings. The Morgan fingerprint density at radius 3 is 2.13 bits per heavy atom. The minimum Gasteiger partial charge on any atom is -0.480 e. The highest BCUT2D eigenvalue weighted by Crippen LogP contribution is 2.09. The predicted molar refractivity (Wildman–Crippen MR) is 129 cm³/mol. The van der Waals surface area contributed by atoms with Crippen molar-refractivity contribution in [3.63, 3.8) is 0 Å². The summed E-state index contributed by atoms with van der Waals surface area (Å²) in [5.41, 5.74) is 0.909. The number of unbranched alkanes of at least 4 members (excludes halogenated alkanes) is 8. The number of amides is 1. The minimum atomic E-state index is -0.989. The average Bonchev–Trinajstić information content (AvgIpc) is 2.76. The number of carbonyl (C=O) groups is 2. The fraction of sp³-hybridized carbons (Fsp3) is 0.556. The van der Waals surface area contributed by atoms with Crippen LogP contribution in [0.5, 0.6) is 0 Å². The van der Waals surface area contributed by atoms with Gasteiger partial charge in [-0.3, -0.25) is 4.79 Å². The standard InChI is InChI=1S/C27H41NO3/c1-2-3-4-5-6-7-8-9-10-11-12-13-14-15-19-22-26(29)28-25(27(30)31)23-24-20-17-16-18-21-24/h6-7,9-10,16-18,20-21,25H,2-5,8,11-15,19,22-23H2,1H3,(H,28,29)(H,30,31)/b7-6-,10-9-. The van der Waals surface area contributed by atoms with Crippen LogP contribution in [0.3, 0.4) is 0 Å². The van der Waals surface area contributed by atoms with Gasteiger partial charge in [-0.2, -0.15) is 0 Å². The van der Waals surface area contributed by atoms with Crippen LogP contribution in [-0.4, -0.2) is 23.0 Å². The summed E-state index contributed by atoms with van der Waals surface area (Å²) in [6.07, 6.45) is 22.3. The molecule has 2 N–H and O–H groups in total. The average molecular weight is 428 g/mol. The van der Waals surface area contributed by atoms with Crippen LogP contribution in [0.25, 0.3) is 0 Å². The number of carboxylic acid groups (broad SMARTS) is 1. The Bertz CT molecular complexity index is 652. The van der Waals surface area contributed by atoms with E-state index in [1.165, 1.54) is 38.5 Å². The number of hydrogen-bond acceptors (Lipinski definition) is 2. The first-order valence-corrected chi connectivity index (χ1v) is 12.0.